The molecule has 0 fully saturated rings. The maximum Gasteiger partial charge on any atom is 0.395 e. The van der Waals surface area contributed by atoms with Crippen LogP contribution in [0.2, 0.25) is 0 Å². The first-order valence-corrected chi connectivity index (χ1v) is 6.99. The molecule has 0 unspecified atom stereocenters. The van der Waals surface area contributed by atoms with Gasteiger partial charge in [0.15, 0.2) is 5.78 Å². The van der Waals surface area contributed by atoms with Gasteiger partial charge < -0.3 is 4.52 Å². The van der Waals surface area contributed by atoms with Crippen LogP contribution in [0.1, 0.15) is 32.6 Å². The molecule has 102 valence electrons. The molecule has 0 radical (unpaired) electrons. The second kappa shape index (κ2) is 5.98. The van der Waals surface area contributed by atoms with Crippen molar-refractivity contribution in [3.63, 3.8) is 0 Å². The molecule has 0 aliphatic rings. The Balaban J connectivity index is 2.52. The summed E-state index contributed by atoms with van der Waals surface area (Å²) >= 11 is 0. The van der Waals surface area contributed by atoms with E-state index in [1.165, 1.54) is 0 Å². The van der Waals surface area contributed by atoms with Crippen LogP contribution < -0.4 is 4.52 Å². The number of para-hydroxylation sites is 1. The van der Waals surface area contributed by atoms with Gasteiger partial charge in [-0.25, -0.2) is 4.57 Å². The Morgan fingerprint density at radius 1 is 0.950 bits per heavy atom. The molecule has 0 atom stereocenters. The molecule has 0 heterocycles. The van der Waals surface area contributed by atoms with Gasteiger partial charge in [0, 0.05) is 5.56 Å². The summed E-state index contributed by atoms with van der Waals surface area (Å²) in [5.41, 5.74) is 4.29. The molecule has 2 aromatic rings. The lowest BCUT2D eigenvalue weighted by Crippen LogP contribution is -2.06. The van der Waals surface area contributed by atoms with E-state index in [0.29, 0.717) is 16.9 Å². The largest absolute Gasteiger partial charge is 0.407 e. The Morgan fingerprint density at radius 3 is 2.35 bits per heavy atom. The predicted octanol–water partition coefficient (Wildman–Crippen LogP) is 4.43. The van der Waals surface area contributed by atoms with Gasteiger partial charge in [-0.3, -0.25) is 4.79 Å². The van der Waals surface area contributed by atoms with Gasteiger partial charge in [0.2, 0.25) is 0 Å². The van der Waals surface area contributed by atoms with E-state index in [0.717, 1.165) is 16.7 Å². The minimum absolute atomic E-state index is 0.121. The van der Waals surface area contributed by atoms with Gasteiger partial charge in [0.25, 0.3) is 0 Å². The maximum atomic E-state index is 12.6. The van der Waals surface area contributed by atoms with Crippen LogP contribution in [0.15, 0.2) is 36.4 Å². The quantitative estimate of drug-likeness (QED) is 0.617. The first-order valence-electron chi connectivity index (χ1n) is 6.26. The third-order valence-electron chi connectivity index (χ3n) is 3.57. The zero-order valence-corrected chi connectivity index (χ0v) is 12.5. The average molecular weight is 286 g/mol. The third kappa shape index (κ3) is 2.63. The highest BCUT2D eigenvalue weighted by atomic mass is 31.1. The third-order valence-corrected chi connectivity index (χ3v) is 3.84. The number of carbonyl (C=O) groups is 1. The summed E-state index contributed by atoms with van der Waals surface area (Å²) in [4.78, 5) is 12.6. The van der Waals surface area contributed by atoms with Crippen molar-refractivity contribution in [2.75, 3.05) is 0 Å². The van der Waals surface area contributed by atoms with Crippen LogP contribution in [-0.4, -0.2) is 5.78 Å². The van der Waals surface area contributed by atoms with Crippen LogP contribution in [0.3, 0.4) is 0 Å². The molecule has 0 bridgehead atoms. The summed E-state index contributed by atoms with van der Waals surface area (Å²) in [6.07, 6.45) is 0. The van der Waals surface area contributed by atoms with Crippen LogP contribution in [0.5, 0.6) is 5.75 Å². The van der Waals surface area contributed by atoms with Crippen LogP contribution in [0, 0.1) is 20.8 Å². The Kier molecular flexibility index (Phi) is 4.31. The van der Waals surface area contributed by atoms with E-state index >= 15 is 0 Å². The SMILES string of the molecule is Cc1ccc(C(=O)c2ccccc2OP=O)c(C)c1C. The van der Waals surface area contributed by atoms with E-state index in [1.54, 1.807) is 24.3 Å². The van der Waals surface area contributed by atoms with Gasteiger partial charge in [-0.15, -0.1) is 0 Å². The highest BCUT2D eigenvalue weighted by molar-refractivity contribution is 7.17. The molecular weight excluding hydrogens is 271 g/mol. The maximum absolute atomic E-state index is 12.6. The lowest BCUT2D eigenvalue weighted by atomic mass is 9.93. The minimum atomic E-state index is -0.469. The number of carbonyl (C=O) groups excluding carboxylic acids is 1. The van der Waals surface area contributed by atoms with Crippen molar-refractivity contribution in [2.45, 2.75) is 20.8 Å². The molecule has 3 nitrogen and oxygen atoms in total. The van der Waals surface area contributed by atoms with E-state index in [2.05, 4.69) is 0 Å². The van der Waals surface area contributed by atoms with Crippen LogP contribution >= 0.6 is 8.69 Å². The number of aryl methyl sites for hydroxylation is 1. The van der Waals surface area contributed by atoms with Crippen molar-refractivity contribution in [3.05, 3.63) is 64.2 Å². The molecule has 0 saturated heterocycles. The molecule has 2 rings (SSSR count). The van der Waals surface area contributed by atoms with Crippen LogP contribution in [0.4, 0.5) is 0 Å². The first kappa shape index (κ1) is 14.4. The first-order chi connectivity index (χ1) is 9.56. The van der Waals surface area contributed by atoms with Gasteiger partial charge in [0.05, 0.1) is 5.56 Å². The summed E-state index contributed by atoms with van der Waals surface area (Å²) in [6.45, 7) is 5.95. The van der Waals surface area contributed by atoms with Crippen molar-refractivity contribution in [2.24, 2.45) is 0 Å². The molecule has 0 N–H and O–H groups in total. The predicted molar refractivity (Wildman–Crippen MR) is 78.8 cm³/mol. The highest BCUT2D eigenvalue weighted by Gasteiger charge is 2.17. The fraction of sp³-hybridized carbons (Fsp3) is 0.188. The molecule has 20 heavy (non-hydrogen) atoms. The van der Waals surface area contributed by atoms with E-state index in [9.17, 15) is 9.36 Å². The molecule has 0 amide bonds. The van der Waals surface area contributed by atoms with Gasteiger partial charge in [-0.1, -0.05) is 24.3 Å². The van der Waals surface area contributed by atoms with Gasteiger partial charge in [-0.2, -0.15) is 0 Å². The smallest absolute Gasteiger partial charge is 0.395 e. The summed E-state index contributed by atoms with van der Waals surface area (Å²) in [5.74, 6) is 0.205. The topological polar surface area (TPSA) is 43.4 Å². The Hall–Kier alpha value is -1.99. The van der Waals surface area contributed by atoms with Crippen molar-refractivity contribution >= 4 is 14.5 Å². The molecule has 0 aliphatic heterocycles. The summed E-state index contributed by atoms with van der Waals surface area (Å²) in [5, 5.41) is 0. The number of rotatable bonds is 4. The molecular formula is C16H15O3P. The lowest BCUT2D eigenvalue weighted by Gasteiger charge is -2.11. The van der Waals surface area contributed by atoms with Crippen molar-refractivity contribution in [1.29, 1.82) is 0 Å². The lowest BCUT2D eigenvalue weighted by molar-refractivity contribution is 0.103. The van der Waals surface area contributed by atoms with Gasteiger partial charge >= 0.3 is 8.69 Å². The highest BCUT2D eigenvalue weighted by Crippen LogP contribution is 2.26. The standard InChI is InChI=1S/C16H15O3P/c1-10-8-9-13(12(3)11(10)2)16(17)14-6-4-5-7-15(14)19-20-18/h4-9H,1-3H3. The fourth-order valence-electron chi connectivity index (χ4n) is 2.12. The second-order valence-corrected chi connectivity index (χ2v) is 5.00. The second-order valence-electron chi connectivity index (χ2n) is 4.67. The summed E-state index contributed by atoms with van der Waals surface area (Å²) in [7, 11) is -0.469. The Morgan fingerprint density at radius 2 is 1.65 bits per heavy atom. The average Bonchev–Trinajstić information content (AvgIpc) is 2.45. The van der Waals surface area contributed by atoms with E-state index < -0.39 is 8.69 Å². The molecule has 0 spiro atoms. The van der Waals surface area contributed by atoms with Crippen molar-refractivity contribution < 1.29 is 13.9 Å². The molecule has 4 heteroatoms. The number of ketones is 1. The zero-order valence-electron chi connectivity index (χ0n) is 11.6. The zero-order chi connectivity index (χ0) is 14.7. The van der Waals surface area contributed by atoms with Crippen molar-refractivity contribution in [1.82, 2.24) is 0 Å². The Bertz CT molecular complexity index is 677. The van der Waals surface area contributed by atoms with Gasteiger partial charge in [0.1, 0.15) is 5.75 Å². The minimum Gasteiger partial charge on any atom is -0.407 e. The molecule has 0 aromatic heterocycles. The number of hydrogen-bond donors (Lipinski definition) is 0. The molecule has 0 aliphatic carbocycles. The van der Waals surface area contributed by atoms with Crippen LogP contribution in [-0.2, 0) is 4.57 Å². The monoisotopic (exact) mass is 286 g/mol. The molecule has 2 aromatic carbocycles. The van der Waals surface area contributed by atoms with E-state index in [4.69, 9.17) is 4.52 Å². The van der Waals surface area contributed by atoms with E-state index in [-0.39, 0.29) is 5.78 Å². The Labute approximate surface area is 119 Å². The van der Waals surface area contributed by atoms with Gasteiger partial charge in [-0.05, 0) is 49.6 Å². The van der Waals surface area contributed by atoms with Crippen molar-refractivity contribution in [3.8, 4) is 5.75 Å². The molecule has 0 saturated carbocycles. The summed E-state index contributed by atoms with van der Waals surface area (Å²) in [6, 6.07) is 10.6. The summed E-state index contributed by atoms with van der Waals surface area (Å²) < 4.78 is 15.6. The normalized spacial score (nSPS) is 10.6. The number of hydrogen-bond acceptors (Lipinski definition) is 3. The van der Waals surface area contributed by atoms with E-state index in [1.807, 2.05) is 32.9 Å². The fourth-order valence-corrected chi connectivity index (χ4v) is 2.36. The number of benzene rings is 2. The van der Waals surface area contributed by atoms with Crippen LogP contribution in [0.25, 0.3) is 0 Å².